The van der Waals surface area contributed by atoms with Gasteiger partial charge in [0.1, 0.15) is 0 Å². The molecule has 8 heteroatoms. The Morgan fingerprint density at radius 2 is 2.07 bits per heavy atom. The number of fused-ring (bicyclic) bond motifs is 1. The normalized spacial score (nSPS) is 17.6. The van der Waals surface area contributed by atoms with Gasteiger partial charge in [0.05, 0.1) is 34.4 Å². The van der Waals surface area contributed by atoms with Crippen molar-refractivity contribution < 1.29 is 8.95 Å². The summed E-state index contributed by atoms with van der Waals surface area (Å²) in [4.78, 5) is 18.6. The molecule has 1 saturated heterocycles. The van der Waals surface area contributed by atoms with E-state index in [1.807, 2.05) is 30.3 Å². The van der Waals surface area contributed by atoms with Crippen LogP contribution in [0.15, 0.2) is 63.4 Å². The van der Waals surface area contributed by atoms with Crippen LogP contribution in [0.2, 0.25) is 5.02 Å². The third-order valence-electron chi connectivity index (χ3n) is 4.80. The van der Waals surface area contributed by atoms with Crippen molar-refractivity contribution in [1.82, 2.24) is 9.55 Å². The average molecular weight is 449 g/mol. The number of halogens is 1. The van der Waals surface area contributed by atoms with Crippen LogP contribution in [0.3, 0.4) is 0 Å². The first-order valence-electron chi connectivity index (χ1n) is 9.50. The Labute approximate surface area is 180 Å². The van der Waals surface area contributed by atoms with Gasteiger partial charge in [0.2, 0.25) is 0 Å². The average Bonchev–Trinajstić information content (AvgIpc) is 3.24. The maximum absolute atomic E-state index is 13.1. The van der Waals surface area contributed by atoms with E-state index in [0.717, 1.165) is 24.3 Å². The van der Waals surface area contributed by atoms with Gasteiger partial charge in [-0.2, -0.15) is 0 Å². The van der Waals surface area contributed by atoms with Gasteiger partial charge in [-0.25, -0.2) is 4.98 Å². The van der Waals surface area contributed by atoms with Crippen molar-refractivity contribution in [1.29, 1.82) is 0 Å². The Morgan fingerprint density at radius 3 is 2.83 bits per heavy atom. The molecule has 2 aromatic carbocycles. The lowest BCUT2D eigenvalue weighted by Gasteiger charge is -2.16. The van der Waals surface area contributed by atoms with Crippen molar-refractivity contribution in [3.05, 3.63) is 63.9 Å². The molecule has 152 valence electrons. The summed E-state index contributed by atoms with van der Waals surface area (Å²) >= 11 is 7.55. The van der Waals surface area contributed by atoms with Gasteiger partial charge < -0.3 is 4.74 Å². The summed E-state index contributed by atoms with van der Waals surface area (Å²) in [5.41, 5.74) is 0.492. The minimum absolute atomic E-state index is 0.0250. The number of hydrogen-bond donors (Lipinski definition) is 0. The van der Waals surface area contributed by atoms with Gasteiger partial charge >= 0.3 is 0 Å². The van der Waals surface area contributed by atoms with E-state index < -0.39 is 10.8 Å². The summed E-state index contributed by atoms with van der Waals surface area (Å²) in [6, 6.07) is 14.5. The maximum Gasteiger partial charge on any atom is 0.262 e. The Balaban J connectivity index is 1.58. The quantitative estimate of drug-likeness (QED) is 0.401. The number of ether oxygens (including phenoxy) is 1. The second kappa shape index (κ2) is 9.43. The summed E-state index contributed by atoms with van der Waals surface area (Å²) in [5, 5.41) is 1.71. The van der Waals surface area contributed by atoms with Gasteiger partial charge in [-0.1, -0.05) is 41.6 Å². The van der Waals surface area contributed by atoms with E-state index in [2.05, 4.69) is 0 Å². The van der Waals surface area contributed by atoms with Crippen LogP contribution < -0.4 is 5.56 Å². The highest BCUT2D eigenvalue weighted by Crippen LogP contribution is 2.23. The number of hydrogen-bond acceptors (Lipinski definition) is 5. The summed E-state index contributed by atoms with van der Waals surface area (Å²) in [5.74, 6) is 1.07. The van der Waals surface area contributed by atoms with Crippen molar-refractivity contribution in [3.63, 3.8) is 0 Å². The molecule has 1 fully saturated rings. The predicted molar refractivity (Wildman–Crippen MR) is 118 cm³/mol. The van der Waals surface area contributed by atoms with Crippen LogP contribution in [0.5, 0.6) is 0 Å². The SMILES string of the molecule is O=c1c2ccc(Cl)cc2nc(SCC[S@](=O)c2ccccc2)n1C[C@@H]1CCCO1. The predicted octanol–water partition coefficient (Wildman–Crippen LogP) is 4.13. The lowest BCUT2D eigenvalue weighted by molar-refractivity contribution is 0.0937. The van der Waals surface area contributed by atoms with Crippen molar-refractivity contribution >= 4 is 45.1 Å². The highest BCUT2D eigenvalue weighted by Gasteiger charge is 2.20. The van der Waals surface area contributed by atoms with E-state index in [0.29, 0.717) is 39.1 Å². The maximum atomic E-state index is 13.1. The number of aromatic nitrogens is 2. The summed E-state index contributed by atoms with van der Waals surface area (Å²) < 4.78 is 19.9. The standard InChI is InChI=1S/C21H21ClN2O3S2/c22-15-8-9-18-19(13-15)23-21(24(20(18)25)14-16-5-4-10-27-16)28-11-12-29(26)17-6-2-1-3-7-17/h1-3,6-9,13,16H,4-5,10-12,14H2/t16-,29-/m0/s1. The van der Waals surface area contributed by atoms with Gasteiger partial charge in [-0.15, -0.1) is 0 Å². The Bertz CT molecular complexity index is 1080. The van der Waals surface area contributed by atoms with Gasteiger partial charge in [0, 0.05) is 28.0 Å². The molecule has 5 nitrogen and oxygen atoms in total. The second-order valence-corrected chi connectivity index (χ2v) is 9.89. The minimum atomic E-state index is -1.09. The van der Waals surface area contributed by atoms with Crippen LogP contribution in [0.1, 0.15) is 12.8 Å². The monoisotopic (exact) mass is 448 g/mol. The van der Waals surface area contributed by atoms with Crippen molar-refractivity contribution in [3.8, 4) is 0 Å². The molecule has 0 saturated carbocycles. The van der Waals surface area contributed by atoms with Crippen LogP contribution in [0.4, 0.5) is 0 Å². The first kappa shape index (κ1) is 20.6. The number of nitrogens with zero attached hydrogens (tertiary/aromatic N) is 2. The molecule has 3 aromatic rings. The zero-order valence-electron chi connectivity index (χ0n) is 15.8. The van der Waals surface area contributed by atoms with Gasteiger partial charge in [-0.05, 0) is 43.2 Å². The van der Waals surface area contributed by atoms with Crippen LogP contribution >= 0.6 is 23.4 Å². The molecule has 1 aliphatic rings. The Kier molecular flexibility index (Phi) is 6.70. The smallest absolute Gasteiger partial charge is 0.262 e. The molecule has 4 rings (SSSR count). The van der Waals surface area contributed by atoms with Crippen LogP contribution in [-0.4, -0.2) is 38.0 Å². The molecule has 29 heavy (non-hydrogen) atoms. The van der Waals surface area contributed by atoms with E-state index in [-0.39, 0.29) is 11.7 Å². The molecule has 2 atom stereocenters. The number of thioether (sulfide) groups is 1. The topological polar surface area (TPSA) is 61.2 Å². The third kappa shape index (κ3) is 4.91. The van der Waals surface area contributed by atoms with E-state index in [9.17, 15) is 9.00 Å². The van der Waals surface area contributed by atoms with Crippen molar-refractivity contribution in [2.45, 2.75) is 35.5 Å². The second-order valence-electron chi connectivity index (χ2n) is 6.82. The molecule has 0 spiro atoms. The molecule has 1 aliphatic heterocycles. The molecule has 0 N–H and O–H groups in total. The van der Waals surface area contributed by atoms with Crippen molar-refractivity contribution in [2.75, 3.05) is 18.1 Å². The number of benzene rings is 2. The van der Waals surface area contributed by atoms with E-state index in [4.69, 9.17) is 21.3 Å². The van der Waals surface area contributed by atoms with Gasteiger partial charge in [0.25, 0.3) is 5.56 Å². The Morgan fingerprint density at radius 1 is 1.24 bits per heavy atom. The summed E-state index contributed by atoms with van der Waals surface area (Å²) in [7, 11) is -1.09. The Hall–Kier alpha value is -1.67. The van der Waals surface area contributed by atoms with Crippen LogP contribution in [0, 0.1) is 0 Å². The lowest BCUT2D eigenvalue weighted by atomic mass is 10.2. The van der Waals surface area contributed by atoms with Crippen LogP contribution in [0.25, 0.3) is 10.9 Å². The molecule has 0 unspecified atom stereocenters. The largest absolute Gasteiger partial charge is 0.376 e. The fourth-order valence-corrected chi connectivity index (χ4v) is 5.80. The first-order valence-corrected chi connectivity index (χ1v) is 12.2. The van der Waals surface area contributed by atoms with Gasteiger partial charge in [0.15, 0.2) is 5.16 Å². The summed E-state index contributed by atoms with van der Waals surface area (Å²) in [6.07, 6.45) is 1.97. The highest BCUT2D eigenvalue weighted by molar-refractivity contribution is 8.00. The molecule has 0 radical (unpaired) electrons. The first-order chi connectivity index (χ1) is 14.1. The summed E-state index contributed by atoms with van der Waals surface area (Å²) in [6.45, 7) is 1.21. The van der Waals surface area contributed by atoms with Crippen molar-refractivity contribution in [2.24, 2.45) is 0 Å². The molecule has 0 bridgehead atoms. The molecule has 2 heterocycles. The number of rotatable bonds is 7. The zero-order chi connectivity index (χ0) is 20.2. The highest BCUT2D eigenvalue weighted by atomic mass is 35.5. The third-order valence-corrected chi connectivity index (χ3v) is 7.64. The minimum Gasteiger partial charge on any atom is -0.376 e. The lowest BCUT2D eigenvalue weighted by Crippen LogP contribution is -2.29. The van der Waals surface area contributed by atoms with Crippen LogP contribution in [-0.2, 0) is 22.1 Å². The van der Waals surface area contributed by atoms with Gasteiger partial charge in [-0.3, -0.25) is 13.6 Å². The molecular formula is C21H21ClN2O3S2. The molecule has 0 amide bonds. The van der Waals surface area contributed by atoms with E-state index >= 15 is 0 Å². The molecule has 0 aliphatic carbocycles. The fraction of sp³-hybridized carbons (Fsp3) is 0.333. The molecular weight excluding hydrogens is 428 g/mol. The zero-order valence-corrected chi connectivity index (χ0v) is 18.1. The fourth-order valence-electron chi connectivity index (χ4n) is 3.34. The van der Waals surface area contributed by atoms with E-state index in [1.165, 1.54) is 11.8 Å². The van der Waals surface area contributed by atoms with E-state index in [1.54, 1.807) is 22.8 Å². The molecule has 1 aromatic heterocycles.